The number of fused-ring (bicyclic) bond motifs is 1. The molecule has 0 atom stereocenters. The molecule has 2 heterocycles. The Balaban J connectivity index is 1.27. The summed E-state index contributed by atoms with van der Waals surface area (Å²) in [7, 11) is 0. The fourth-order valence-corrected chi connectivity index (χ4v) is 2.69. The number of hydrogen-bond donors (Lipinski definition) is 3. The number of hydrogen-bond acceptors (Lipinski definition) is 5. The maximum Gasteiger partial charge on any atom is 0.287 e. The lowest BCUT2D eigenvalue weighted by Gasteiger charge is -2.00. The van der Waals surface area contributed by atoms with Gasteiger partial charge >= 0.3 is 0 Å². The molecule has 136 valence electrons. The van der Waals surface area contributed by atoms with E-state index in [1.165, 1.54) is 12.8 Å². The Morgan fingerprint density at radius 1 is 1.30 bits per heavy atom. The molecule has 3 N–H and O–H groups in total. The fourth-order valence-electron chi connectivity index (χ4n) is 2.47. The van der Waals surface area contributed by atoms with Gasteiger partial charge in [0.15, 0.2) is 5.82 Å². The number of para-hydroxylation sites is 1. The van der Waals surface area contributed by atoms with Gasteiger partial charge in [-0.3, -0.25) is 4.79 Å². The highest BCUT2D eigenvalue weighted by atomic mass is 35.5. The molecule has 0 unspecified atom stereocenters. The normalized spacial score (nSPS) is 13.1. The molecule has 27 heavy (non-hydrogen) atoms. The van der Waals surface area contributed by atoms with E-state index in [0.29, 0.717) is 35.5 Å². The number of carbonyl (C=O) groups excluding carboxylic acids is 1. The van der Waals surface area contributed by atoms with Gasteiger partial charge in [-0.15, -0.1) is 0 Å². The number of aromatic nitrogens is 4. The number of amides is 1. The van der Waals surface area contributed by atoms with E-state index < -0.39 is 0 Å². The first-order valence-electron chi connectivity index (χ1n) is 8.69. The minimum absolute atomic E-state index is 0.234. The van der Waals surface area contributed by atoms with Crippen molar-refractivity contribution in [3.63, 3.8) is 0 Å². The van der Waals surface area contributed by atoms with Crippen LogP contribution in [-0.2, 0) is 0 Å². The van der Waals surface area contributed by atoms with Crippen molar-refractivity contribution >= 4 is 34.5 Å². The molecular weight excluding hydrogens is 364 g/mol. The average molecular weight is 381 g/mol. The SMILES string of the molecule is O=C(NCCC#Cc1cnc(NC2CC2)nc1)c1nc2c(Cl)cccc2[nH]1. The van der Waals surface area contributed by atoms with Crippen LogP contribution in [0.2, 0.25) is 5.02 Å². The van der Waals surface area contributed by atoms with Crippen LogP contribution in [0.5, 0.6) is 0 Å². The molecule has 1 saturated carbocycles. The number of halogens is 1. The van der Waals surface area contributed by atoms with Gasteiger partial charge in [-0.05, 0) is 25.0 Å². The zero-order valence-electron chi connectivity index (χ0n) is 14.4. The molecule has 1 aliphatic carbocycles. The first kappa shape index (κ1) is 17.3. The smallest absolute Gasteiger partial charge is 0.287 e. The Kier molecular flexibility index (Phi) is 4.90. The Morgan fingerprint density at radius 3 is 2.85 bits per heavy atom. The molecule has 7 nitrogen and oxygen atoms in total. The van der Waals surface area contributed by atoms with Crippen molar-refractivity contribution in [1.82, 2.24) is 25.3 Å². The largest absolute Gasteiger partial charge is 0.351 e. The van der Waals surface area contributed by atoms with E-state index in [-0.39, 0.29) is 11.7 Å². The molecule has 0 radical (unpaired) electrons. The van der Waals surface area contributed by atoms with Crippen molar-refractivity contribution in [3.05, 3.63) is 47.0 Å². The van der Waals surface area contributed by atoms with Crippen molar-refractivity contribution < 1.29 is 4.79 Å². The van der Waals surface area contributed by atoms with Crippen molar-refractivity contribution in [2.24, 2.45) is 0 Å². The van der Waals surface area contributed by atoms with Crippen LogP contribution in [0.3, 0.4) is 0 Å². The van der Waals surface area contributed by atoms with Crippen molar-refractivity contribution in [3.8, 4) is 11.8 Å². The molecule has 2 aromatic heterocycles. The number of aromatic amines is 1. The lowest BCUT2D eigenvalue weighted by molar-refractivity contribution is 0.0945. The van der Waals surface area contributed by atoms with E-state index in [2.05, 4.69) is 42.4 Å². The summed E-state index contributed by atoms with van der Waals surface area (Å²) < 4.78 is 0. The third kappa shape index (κ3) is 4.36. The minimum Gasteiger partial charge on any atom is -0.351 e. The highest BCUT2D eigenvalue weighted by molar-refractivity contribution is 6.35. The van der Waals surface area contributed by atoms with E-state index >= 15 is 0 Å². The van der Waals surface area contributed by atoms with Crippen LogP contribution < -0.4 is 10.6 Å². The zero-order valence-corrected chi connectivity index (χ0v) is 15.2. The summed E-state index contributed by atoms with van der Waals surface area (Å²) in [5.74, 6) is 6.57. The third-order valence-corrected chi connectivity index (χ3v) is 4.31. The summed E-state index contributed by atoms with van der Waals surface area (Å²) in [5.41, 5.74) is 2.06. The Hall–Kier alpha value is -3.11. The standard InChI is InChI=1S/C19H17ClN6O/c20-14-5-3-6-15-16(14)26-17(25-15)18(27)21-9-2-1-4-12-10-22-19(23-11-12)24-13-7-8-13/h3,5-6,10-11,13H,2,7-9H2,(H,21,27)(H,25,26)(H,22,23,24). The molecule has 1 fully saturated rings. The van der Waals surface area contributed by atoms with Gasteiger partial charge in [0.1, 0.15) is 5.52 Å². The predicted octanol–water partition coefficient (Wildman–Crippen LogP) is 2.75. The molecule has 1 aromatic carbocycles. The van der Waals surface area contributed by atoms with Crippen LogP contribution in [0.1, 0.15) is 35.4 Å². The number of nitrogens with one attached hydrogen (secondary N) is 3. The lowest BCUT2D eigenvalue weighted by atomic mass is 10.3. The van der Waals surface area contributed by atoms with Gasteiger partial charge in [-0.1, -0.05) is 29.5 Å². The van der Waals surface area contributed by atoms with E-state index in [0.717, 1.165) is 11.1 Å². The van der Waals surface area contributed by atoms with Gasteiger partial charge < -0.3 is 15.6 Å². The van der Waals surface area contributed by atoms with Crippen LogP contribution in [0, 0.1) is 11.8 Å². The lowest BCUT2D eigenvalue weighted by Crippen LogP contribution is -2.25. The van der Waals surface area contributed by atoms with Crippen LogP contribution >= 0.6 is 11.6 Å². The van der Waals surface area contributed by atoms with E-state index in [9.17, 15) is 4.79 Å². The molecule has 0 spiro atoms. The second kappa shape index (κ2) is 7.64. The monoisotopic (exact) mass is 380 g/mol. The molecule has 1 amide bonds. The molecule has 4 rings (SSSR count). The van der Waals surface area contributed by atoms with Crippen molar-refractivity contribution in [2.75, 3.05) is 11.9 Å². The predicted molar refractivity (Wildman–Crippen MR) is 104 cm³/mol. The van der Waals surface area contributed by atoms with Gasteiger partial charge in [0.2, 0.25) is 5.95 Å². The van der Waals surface area contributed by atoms with E-state index in [1.807, 2.05) is 6.07 Å². The first-order valence-corrected chi connectivity index (χ1v) is 9.07. The molecule has 3 aromatic rings. The molecule has 8 heteroatoms. The number of nitrogens with zero attached hydrogens (tertiary/aromatic N) is 3. The highest BCUT2D eigenvalue weighted by Crippen LogP contribution is 2.22. The molecule has 1 aliphatic rings. The average Bonchev–Trinajstić information content (AvgIpc) is 3.37. The van der Waals surface area contributed by atoms with E-state index in [4.69, 9.17) is 11.6 Å². The highest BCUT2D eigenvalue weighted by Gasteiger charge is 2.21. The first-order chi connectivity index (χ1) is 13.2. The van der Waals surface area contributed by atoms with Crippen LogP contribution in [0.25, 0.3) is 11.0 Å². The van der Waals surface area contributed by atoms with Crippen molar-refractivity contribution in [1.29, 1.82) is 0 Å². The quantitative estimate of drug-likeness (QED) is 0.467. The van der Waals surface area contributed by atoms with Gasteiger partial charge in [0.05, 0.1) is 16.1 Å². The van der Waals surface area contributed by atoms with Crippen LogP contribution in [-0.4, -0.2) is 38.4 Å². The van der Waals surface area contributed by atoms with Gasteiger partial charge in [-0.2, -0.15) is 0 Å². The van der Waals surface area contributed by atoms with Crippen LogP contribution in [0.15, 0.2) is 30.6 Å². The second-order valence-corrected chi connectivity index (χ2v) is 6.65. The Bertz CT molecular complexity index is 1030. The van der Waals surface area contributed by atoms with E-state index in [1.54, 1.807) is 24.5 Å². The van der Waals surface area contributed by atoms with Crippen molar-refractivity contribution in [2.45, 2.75) is 25.3 Å². The summed E-state index contributed by atoms with van der Waals surface area (Å²) in [5, 5.41) is 6.52. The summed E-state index contributed by atoms with van der Waals surface area (Å²) in [6, 6.07) is 5.89. The number of carbonyl (C=O) groups is 1. The Labute approximate surface area is 161 Å². The van der Waals surface area contributed by atoms with Crippen LogP contribution in [0.4, 0.5) is 5.95 Å². The zero-order chi connectivity index (χ0) is 18.6. The summed E-state index contributed by atoms with van der Waals surface area (Å²) >= 11 is 6.07. The summed E-state index contributed by atoms with van der Waals surface area (Å²) in [4.78, 5) is 27.8. The number of H-pyrrole nitrogens is 1. The molecular formula is C19H17ClN6O. The molecule has 0 aliphatic heterocycles. The number of benzene rings is 1. The van der Waals surface area contributed by atoms with Gasteiger partial charge in [0.25, 0.3) is 5.91 Å². The van der Waals surface area contributed by atoms with Gasteiger partial charge in [0, 0.05) is 31.4 Å². The topological polar surface area (TPSA) is 95.6 Å². The van der Waals surface area contributed by atoms with Gasteiger partial charge in [-0.25, -0.2) is 15.0 Å². The third-order valence-electron chi connectivity index (χ3n) is 4.01. The maximum atomic E-state index is 12.2. The fraction of sp³-hybridized carbons (Fsp3) is 0.263. The summed E-state index contributed by atoms with van der Waals surface area (Å²) in [6.07, 6.45) is 6.26. The second-order valence-electron chi connectivity index (χ2n) is 6.24. The maximum absolute atomic E-state index is 12.2. The number of rotatable bonds is 5. The number of anilines is 1. The molecule has 0 bridgehead atoms. The Morgan fingerprint density at radius 2 is 2.11 bits per heavy atom. The molecule has 0 saturated heterocycles. The minimum atomic E-state index is -0.289. The number of imidazole rings is 1. The summed E-state index contributed by atoms with van der Waals surface area (Å²) in [6.45, 7) is 0.415.